The Labute approximate surface area is 255 Å². The van der Waals surface area contributed by atoms with Crippen LogP contribution in [-0.2, 0) is 28.7 Å². The largest absolute Gasteiger partial charge is 0.508 e. The lowest BCUT2D eigenvalue weighted by Crippen LogP contribution is -2.60. The number of ketones is 1. The molecule has 0 spiro atoms. The van der Waals surface area contributed by atoms with Gasteiger partial charge in [0.15, 0.2) is 0 Å². The van der Waals surface area contributed by atoms with Gasteiger partial charge in [-0.05, 0) is 40.9 Å². The van der Waals surface area contributed by atoms with Crippen LogP contribution in [0.15, 0.2) is 12.4 Å². The number of methoxy groups -OCH3 is 1. The predicted molar refractivity (Wildman–Crippen MR) is 160 cm³/mol. The summed E-state index contributed by atoms with van der Waals surface area (Å²) in [6.07, 6.45) is 2.50. The van der Waals surface area contributed by atoms with Crippen molar-refractivity contribution in [2.75, 3.05) is 20.3 Å². The number of piperidine rings is 1. The molecule has 6 atom stereocenters. The Bertz CT molecular complexity index is 1110. The molecule has 3 rings (SSSR count). The standard InChI is InChI=1S/C31H51N5O7/c1-16(2)21(15-43-29(41)42-9)33-17(3)34-25(30(4,5)6)28(40)36-14-19-22(31(19,7)8)23(36)27(39)35-20(24(37)26(32)38)13-18-11-10-12-18/h16,18-23,25,33-34H,3,10-15H2,1-2,4-9H3,(H2,32,38)(H,35,39)/t19?,20?,21-,22+,23?,25?/m1/s1. The zero-order chi connectivity index (χ0) is 32.4. The van der Waals surface area contributed by atoms with Crippen molar-refractivity contribution in [3.8, 4) is 0 Å². The van der Waals surface area contributed by atoms with Gasteiger partial charge in [-0.15, -0.1) is 0 Å². The number of primary amides is 1. The van der Waals surface area contributed by atoms with Gasteiger partial charge in [-0.1, -0.05) is 74.3 Å². The average Bonchev–Trinajstić information content (AvgIpc) is 3.21. The van der Waals surface area contributed by atoms with Gasteiger partial charge in [-0.25, -0.2) is 4.79 Å². The van der Waals surface area contributed by atoms with Crippen LogP contribution in [-0.4, -0.2) is 79.0 Å². The Kier molecular flexibility index (Phi) is 10.4. The van der Waals surface area contributed by atoms with E-state index in [1.165, 1.54) is 7.11 Å². The maximum atomic E-state index is 14.2. The fourth-order valence-electron chi connectivity index (χ4n) is 6.41. The number of nitrogens with zero attached hydrogens (tertiary/aromatic N) is 1. The number of nitrogens with one attached hydrogen (secondary N) is 3. The number of amides is 3. The fourth-order valence-corrected chi connectivity index (χ4v) is 6.41. The van der Waals surface area contributed by atoms with Crippen LogP contribution >= 0.6 is 0 Å². The molecule has 0 bridgehead atoms. The van der Waals surface area contributed by atoms with E-state index in [9.17, 15) is 24.0 Å². The number of hydrogen-bond acceptors (Lipinski definition) is 9. The SMILES string of the molecule is C=C(NC(C(=O)N1CC2[C@@H](C1C(=O)NC(CC1CCC1)C(=O)C(N)=O)C2(C)C)C(C)(C)C)N[C@H](COC(=O)OC)C(C)C. The summed E-state index contributed by atoms with van der Waals surface area (Å²) in [4.78, 5) is 65.7. The second-order valence-corrected chi connectivity index (χ2v) is 14.4. The summed E-state index contributed by atoms with van der Waals surface area (Å²) in [7, 11) is 1.24. The van der Waals surface area contributed by atoms with Gasteiger partial charge in [-0.3, -0.25) is 19.2 Å². The molecular weight excluding hydrogens is 554 g/mol. The average molecular weight is 606 g/mol. The second kappa shape index (κ2) is 13.1. The van der Waals surface area contributed by atoms with Crippen molar-refractivity contribution in [3.63, 3.8) is 0 Å². The van der Waals surface area contributed by atoms with E-state index in [-0.39, 0.29) is 47.6 Å². The topological polar surface area (TPSA) is 169 Å². The number of fused-ring (bicyclic) bond motifs is 1. The first-order valence-electron chi connectivity index (χ1n) is 15.3. The molecular formula is C31H51N5O7. The van der Waals surface area contributed by atoms with Gasteiger partial charge in [0.2, 0.25) is 17.6 Å². The molecule has 0 radical (unpaired) electrons. The molecule has 4 unspecified atom stereocenters. The second-order valence-electron chi connectivity index (χ2n) is 14.4. The van der Waals surface area contributed by atoms with Crippen molar-refractivity contribution in [1.29, 1.82) is 0 Å². The first kappa shape index (κ1) is 34.2. The monoisotopic (exact) mass is 605 g/mol. The van der Waals surface area contributed by atoms with Crippen LogP contribution in [0, 0.1) is 34.5 Å². The lowest BCUT2D eigenvalue weighted by Gasteiger charge is -2.39. The Balaban J connectivity index is 1.79. The van der Waals surface area contributed by atoms with E-state index in [1.807, 2.05) is 34.6 Å². The summed E-state index contributed by atoms with van der Waals surface area (Å²) in [5.41, 5.74) is 4.61. The highest BCUT2D eigenvalue weighted by Crippen LogP contribution is 2.65. The number of rotatable bonds is 14. The minimum atomic E-state index is -1.08. The van der Waals surface area contributed by atoms with E-state index in [1.54, 1.807) is 4.90 Å². The highest BCUT2D eigenvalue weighted by molar-refractivity contribution is 6.37. The molecule has 242 valence electrons. The number of ether oxygens (including phenoxy) is 2. The lowest BCUT2D eigenvalue weighted by molar-refractivity contribution is -0.145. The molecule has 2 aliphatic carbocycles. The molecule has 0 aromatic rings. The molecule has 1 aliphatic heterocycles. The molecule has 12 nitrogen and oxygen atoms in total. The number of likely N-dealkylation sites (tertiary alicyclic amines) is 1. The first-order chi connectivity index (χ1) is 19.9. The third-order valence-electron chi connectivity index (χ3n) is 9.57. The van der Waals surface area contributed by atoms with Crippen LogP contribution in [0.2, 0.25) is 0 Å². The van der Waals surface area contributed by atoms with Crippen molar-refractivity contribution >= 4 is 29.7 Å². The van der Waals surface area contributed by atoms with Gasteiger partial charge in [0.25, 0.3) is 5.91 Å². The summed E-state index contributed by atoms with van der Waals surface area (Å²) in [6.45, 7) is 18.4. The van der Waals surface area contributed by atoms with Crippen molar-refractivity contribution < 1.29 is 33.4 Å². The lowest BCUT2D eigenvalue weighted by atomic mass is 9.80. The Hall–Kier alpha value is -3.31. The molecule has 43 heavy (non-hydrogen) atoms. The maximum Gasteiger partial charge on any atom is 0.508 e. The van der Waals surface area contributed by atoms with Crippen LogP contribution in [0.25, 0.3) is 0 Å². The summed E-state index contributed by atoms with van der Waals surface area (Å²) >= 11 is 0. The van der Waals surface area contributed by atoms with Crippen LogP contribution in [0.3, 0.4) is 0 Å². The summed E-state index contributed by atoms with van der Waals surface area (Å²) in [6, 6.07) is -2.85. The van der Waals surface area contributed by atoms with E-state index in [4.69, 9.17) is 10.5 Å². The molecule has 3 amide bonds. The van der Waals surface area contributed by atoms with Gasteiger partial charge in [0.05, 0.1) is 25.0 Å². The normalized spacial score (nSPS) is 24.5. The maximum absolute atomic E-state index is 14.2. The molecule has 0 aromatic heterocycles. The molecule has 12 heteroatoms. The Morgan fingerprint density at radius 3 is 2.19 bits per heavy atom. The minimum absolute atomic E-state index is 0.0397. The van der Waals surface area contributed by atoms with Crippen LogP contribution in [0.4, 0.5) is 4.79 Å². The third-order valence-corrected chi connectivity index (χ3v) is 9.57. The van der Waals surface area contributed by atoms with Gasteiger partial charge < -0.3 is 36.1 Å². The summed E-state index contributed by atoms with van der Waals surface area (Å²) < 4.78 is 9.69. The van der Waals surface area contributed by atoms with Gasteiger partial charge in [-0.2, -0.15) is 0 Å². The number of carbonyl (C=O) groups is 5. The highest BCUT2D eigenvalue weighted by atomic mass is 16.7. The van der Waals surface area contributed by atoms with Crippen molar-refractivity contribution in [2.45, 2.75) is 98.3 Å². The van der Waals surface area contributed by atoms with Crippen LogP contribution < -0.4 is 21.7 Å². The highest BCUT2D eigenvalue weighted by Gasteiger charge is 2.69. The molecule has 0 aromatic carbocycles. The van der Waals surface area contributed by atoms with Crippen molar-refractivity contribution in [2.24, 2.45) is 40.2 Å². The van der Waals surface area contributed by atoms with Crippen molar-refractivity contribution in [1.82, 2.24) is 20.9 Å². The molecule has 1 heterocycles. The number of nitrogens with two attached hydrogens (primary N) is 1. The summed E-state index contributed by atoms with van der Waals surface area (Å²) in [5.74, 6) is -1.84. The minimum Gasteiger partial charge on any atom is -0.438 e. The zero-order valence-electron chi connectivity index (χ0n) is 27.0. The molecule has 3 aliphatic rings. The Morgan fingerprint density at radius 1 is 1.07 bits per heavy atom. The molecule has 1 saturated heterocycles. The van der Waals surface area contributed by atoms with E-state index < -0.39 is 47.3 Å². The van der Waals surface area contributed by atoms with Crippen molar-refractivity contribution in [3.05, 3.63) is 12.4 Å². The van der Waals surface area contributed by atoms with Crippen LogP contribution in [0.1, 0.15) is 74.1 Å². The molecule has 5 N–H and O–H groups in total. The number of carbonyl (C=O) groups excluding carboxylic acids is 5. The zero-order valence-corrected chi connectivity index (χ0v) is 27.0. The predicted octanol–water partition coefficient (Wildman–Crippen LogP) is 2.07. The van der Waals surface area contributed by atoms with Gasteiger partial charge in [0.1, 0.15) is 18.7 Å². The quantitative estimate of drug-likeness (QED) is 0.171. The van der Waals surface area contributed by atoms with E-state index in [2.05, 4.69) is 41.1 Å². The van der Waals surface area contributed by atoms with E-state index in [0.29, 0.717) is 18.8 Å². The van der Waals surface area contributed by atoms with E-state index >= 15 is 0 Å². The molecule has 2 saturated carbocycles. The van der Waals surface area contributed by atoms with Gasteiger partial charge in [0, 0.05) is 6.54 Å². The smallest absolute Gasteiger partial charge is 0.438 e. The van der Waals surface area contributed by atoms with Gasteiger partial charge >= 0.3 is 6.16 Å². The summed E-state index contributed by atoms with van der Waals surface area (Å²) in [5, 5.41) is 9.27. The van der Waals surface area contributed by atoms with E-state index in [0.717, 1.165) is 19.3 Å². The Morgan fingerprint density at radius 2 is 1.70 bits per heavy atom. The number of hydrogen-bond donors (Lipinski definition) is 4. The molecule has 3 fully saturated rings. The number of Topliss-reactive ketones (excluding diaryl/α,β-unsaturated/α-hetero) is 1. The fraction of sp³-hybridized carbons (Fsp3) is 0.774. The third kappa shape index (κ3) is 7.80. The van der Waals surface area contributed by atoms with Crippen LogP contribution in [0.5, 0.6) is 0 Å². The first-order valence-corrected chi connectivity index (χ1v) is 15.3.